The minimum absolute atomic E-state index is 0.110. The van der Waals surface area contributed by atoms with Gasteiger partial charge in [-0.05, 0) is 33.4 Å². The third kappa shape index (κ3) is 6.93. The van der Waals surface area contributed by atoms with Crippen molar-refractivity contribution in [2.45, 2.75) is 38.8 Å². The number of likely N-dealkylation sites (tertiary alicyclic amines) is 1. The lowest BCUT2D eigenvalue weighted by atomic mass is 10.2. The molecular weight excluding hydrogens is 288 g/mol. The highest BCUT2D eigenvalue weighted by atomic mass is 32.2. The normalized spacial score (nSPS) is 19.6. The van der Waals surface area contributed by atoms with Gasteiger partial charge in [0.2, 0.25) is 0 Å². The van der Waals surface area contributed by atoms with E-state index >= 15 is 0 Å². The van der Waals surface area contributed by atoms with Crippen LogP contribution in [-0.2, 0) is 4.74 Å². The van der Waals surface area contributed by atoms with E-state index in [2.05, 4.69) is 26.8 Å². The van der Waals surface area contributed by atoms with E-state index in [4.69, 9.17) is 4.74 Å². The number of guanidine groups is 1. The third-order valence-electron chi connectivity index (χ3n) is 3.01. The molecule has 0 aromatic carbocycles. The summed E-state index contributed by atoms with van der Waals surface area (Å²) in [5, 5.41) is 6.26. The average molecular weight is 316 g/mol. The van der Waals surface area contributed by atoms with Gasteiger partial charge in [-0.3, -0.25) is 4.99 Å². The fraction of sp³-hybridized carbons (Fsp3) is 0.857. The highest BCUT2D eigenvalue weighted by Crippen LogP contribution is 2.11. The molecule has 0 bridgehead atoms. The Bertz CT molecular complexity index is 368. The molecule has 2 N–H and O–H groups in total. The summed E-state index contributed by atoms with van der Waals surface area (Å²) in [6.45, 7) is 8.15. The molecular formula is C14H28N4O2S. The summed E-state index contributed by atoms with van der Waals surface area (Å²) in [5.41, 5.74) is -0.461. The molecule has 21 heavy (non-hydrogen) atoms. The molecule has 0 radical (unpaired) electrons. The summed E-state index contributed by atoms with van der Waals surface area (Å²) in [6, 6.07) is 0.110. The topological polar surface area (TPSA) is 66.0 Å². The van der Waals surface area contributed by atoms with Crippen LogP contribution in [0.4, 0.5) is 4.79 Å². The second kappa shape index (κ2) is 8.36. The lowest BCUT2D eigenvalue weighted by Crippen LogP contribution is -2.44. The van der Waals surface area contributed by atoms with Crippen molar-refractivity contribution in [1.29, 1.82) is 0 Å². The van der Waals surface area contributed by atoms with Crippen LogP contribution in [0.5, 0.6) is 0 Å². The molecule has 0 saturated carbocycles. The molecule has 0 spiro atoms. The minimum atomic E-state index is -0.461. The van der Waals surface area contributed by atoms with E-state index in [1.54, 1.807) is 18.8 Å². The fourth-order valence-corrected chi connectivity index (χ4v) is 2.45. The molecule has 1 amide bonds. The predicted octanol–water partition coefficient (Wildman–Crippen LogP) is 1.52. The number of nitrogens with one attached hydrogen (secondary N) is 2. The number of carbonyl (C=O) groups is 1. The SMILES string of the molecule is CN=C(NCCSC)N1CCC(NC(=O)OC(C)(C)C)C1. The first-order valence-corrected chi connectivity index (χ1v) is 8.69. The highest BCUT2D eigenvalue weighted by molar-refractivity contribution is 7.98. The van der Waals surface area contributed by atoms with Gasteiger partial charge >= 0.3 is 6.09 Å². The number of aliphatic imine (C=N–C) groups is 1. The summed E-state index contributed by atoms with van der Waals surface area (Å²) < 4.78 is 5.28. The molecule has 1 fully saturated rings. The van der Waals surface area contributed by atoms with Crippen LogP contribution in [0.1, 0.15) is 27.2 Å². The number of thioether (sulfide) groups is 1. The van der Waals surface area contributed by atoms with Crippen molar-refractivity contribution in [2.24, 2.45) is 4.99 Å². The number of amides is 1. The summed E-state index contributed by atoms with van der Waals surface area (Å²) in [4.78, 5) is 18.2. The average Bonchev–Trinajstić information content (AvgIpc) is 2.80. The first-order chi connectivity index (χ1) is 9.85. The van der Waals surface area contributed by atoms with E-state index < -0.39 is 5.60 Å². The van der Waals surface area contributed by atoms with Crippen molar-refractivity contribution in [3.63, 3.8) is 0 Å². The predicted molar refractivity (Wildman–Crippen MR) is 89.1 cm³/mol. The molecule has 1 heterocycles. The van der Waals surface area contributed by atoms with Gasteiger partial charge in [0.1, 0.15) is 5.60 Å². The van der Waals surface area contributed by atoms with Crippen LogP contribution in [-0.4, -0.2) is 67.3 Å². The maximum Gasteiger partial charge on any atom is 0.407 e. The maximum absolute atomic E-state index is 11.8. The third-order valence-corrected chi connectivity index (χ3v) is 3.62. The summed E-state index contributed by atoms with van der Waals surface area (Å²) >= 11 is 1.80. The zero-order chi connectivity index (χ0) is 15.9. The minimum Gasteiger partial charge on any atom is -0.444 e. The van der Waals surface area contributed by atoms with Gasteiger partial charge < -0.3 is 20.3 Å². The van der Waals surface area contributed by atoms with Crippen LogP contribution in [0.3, 0.4) is 0 Å². The van der Waals surface area contributed by atoms with Gasteiger partial charge in [-0.25, -0.2) is 4.79 Å². The molecule has 0 aliphatic carbocycles. The molecule has 122 valence electrons. The quantitative estimate of drug-likeness (QED) is 0.468. The number of hydrogen-bond acceptors (Lipinski definition) is 4. The summed E-state index contributed by atoms with van der Waals surface area (Å²) in [6.07, 6.45) is 2.64. The standard InChI is InChI=1S/C14H28N4O2S/c1-14(2,3)20-13(19)17-11-6-8-18(10-11)12(15-4)16-7-9-21-5/h11H,6-10H2,1-5H3,(H,15,16)(H,17,19). The van der Waals surface area contributed by atoms with E-state index in [9.17, 15) is 4.79 Å². The monoisotopic (exact) mass is 316 g/mol. The number of nitrogens with zero attached hydrogens (tertiary/aromatic N) is 2. The Morgan fingerprint density at radius 2 is 2.19 bits per heavy atom. The smallest absolute Gasteiger partial charge is 0.407 e. The zero-order valence-corrected chi connectivity index (χ0v) is 14.5. The molecule has 1 saturated heterocycles. The second-order valence-electron chi connectivity index (χ2n) is 6.04. The van der Waals surface area contributed by atoms with Crippen molar-refractivity contribution < 1.29 is 9.53 Å². The van der Waals surface area contributed by atoms with Gasteiger partial charge in [0, 0.05) is 32.4 Å². The molecule has 0 aromatic rings. The first kappa shape index (κ1) is 17.9. The maximum atomic E-state index is 11.8. The van der Waals surface area contributed by atoms with Gasteiger partial charge in [-0.2, -0.15) is 11.8 Å². The largest absolute Gasteiger partial charge is 0.444 e. The Labute approximate surface area is 132 Å². The van der Waals surface area contributed by atoms with E-state index in [0.29, 0.717) is 0 Å². The lowest BCUT2D eigenvalue weighted by Gasteiger charge is -2.23. The Morgan fingerprint density at radius 3 is 2.76 bits per heavy atom. The van der Waals surface area contributed by atoms with Gasteiger partial charge in [0.15, 0.2) is 5.96 Å². The molecule has 1 atom stereocenters. The zero-order valence-electron chi connectivity index (χ0n) is 13.7. The van der Waals surface area contributed by atoms with Crippen molar-refractivity contribution >= 4 is 23.8 Å². The van der Waals surface area contributed by atoms with Crippen LogP contribution in [0.2, 0.25) is 0 Å². The summed E-state index contributed by atoms with van der Waals surface area (Å²) in [7, 11) is 1.79. The molecule has 0 aromatic heterocycles. The van der Waals surface area contributed by atoms with E-state index in [0.717, 1.165) is 37.8 Å². The number of alkyl carbamates (subject to hydrolysis) is 1. The van der Waals surface area contributed by atoms with Crippen LogP contribution < -0.4 is 10.6 Å². The van der Waals surface area contributed by atoms with E-state index in [1.807, 2.05) is 20.8 Å². The fourth-order valence-electron chi connectivity index (χ4n) is 2.14. The van der Waals surface area contributed by atoms with Crippen LogP contribution in [0.25, 0.3) is 0 Å². The molecule has 7 heteroatoms. The van der Waals surface area contributed by atoms with Crippen LogP contribution in [0.15, 0.2) is 4.99 Å². The van der Waals surface area contributed by atoms with Gasteiger partial charge in [0.05, 0.1) is 6.04 Å². The van der Waals surface area contributed by atoms with Crippen LogP contribution in [0, 0.1) is 0 Å². The summed E-state index contributed by atoms with van der Waals surface area (Å²) in [5.74, 6) is 1.95. The van der Waals surface area contributed by atoms with Gasteiger partial charge in [-0.15, -0.1) is 0 Å². The van der Waals surface area contributed by atoms with E-state index in [-0.39, 0.29) is 12.1 Å². The molecule has 1 aliphatic rings. The number of carbonyl (C=O) groups excluding carboxylic acids is 1. The molecule has 6 nitrogen and oxygen atoms in total. The second-order valence-corrected chi connectivity index (χ2v) is 7.03. The van der Waals surface area contributed by atoms with Gasteiger partial charge in [-0.1, -0.05) is 0 Å². The van der Waals surface area contributed by atoms with Crippen molar-refractivity contribution in [3.8, 4) is 0 Å². The van der Waals surface area contributed by atoms with Crippen molar-refractivity contribution in [3.05, 3.63) is 0 Å². The Morgan fingerprint density at radius 1 is 1.48 bits per heavy atom. The Kier molecular flexibility index (Phi) is 7.14. The Hall–Kier alpha value is -1.11. The number of ether oxygens (including phenoxy) is 1. The molecule has 1 aliphatic heterocycles. The number of rotatable bonds is 4. The van der Waals surface area contributed by atoms with Crippen molar-refractivity contribution in [1.82, 2.24) is 15.5 Å². The van der Waals surface area contributed by atoms with E-state index in [1.165, 1.54) is 0 Å². The lowest BCUT2D eigenvalue weighted by molar-refractivity contribution is 0.0507. The Balaban J connectivity index is 2.39. The number of hydrogen-bond donors (Lipinski definition) is 2. The van der Waals surface area contributed by atoms with Crippen LogP contribution >= 0.6 is 11.8 Å². The molecule has 1 unspecified atom stereocenters. The van der Waals surface area contributed by atoms with Gasteiger partial charge in [0.25, 0.3) is 0 Å². The highest BCUT2D eigenvalue weighted by Gasteiger charge is 2.27. The molecule has 1 rings (SSSR count). The first-order valence-electron chi connectivity index (χ1n) is 7.29. The van der Waals surface area contributed by atoms with Crippen molar-refractivity contribution in [2.75, 3.05) is 38.7 Å².